The fourth-order valence-electron chi connectivity index (χ4n) is 5.25. The van der Waals surface area contributed by atoms with Crippen LogP contribution in [0.3, 0.4) is 0 Å². The summed E-state index contributed by atoms with van der Waals surface area (Å²) in [5.74, 6) is 0.139. The molecule has 0 atom stereocenters. The van der Waals surface area contributed by atoms with Gasteiger partial charge in [-0.1, -0.05) is 55.3 Å². The van der Waals surface area contributed by atoms with Crippen molar-refractivity contribution in [1.29, 1.82) is 0 Å². The molecule has 5 heteroatoms. The number of hydrogen-bond donors (Lipinski definition) is 5. The summed E-state index contributed by atoms with van der Waals surface area (Å²) >= 11 is 0. The Kier molecular flexibility index (Phi) is 9.65. The Balaban J connectivity index is 1.09. The van der Waals surface area contributed by atoms with Crippen molar-refractivity contribution in [2.24, 2.45) is 0 Å². The van der Waals surface area contributed by atoms with Crippen LogP contribution in [0.1, 0.15) is 53.5 Å². The molecule has 0 fully saturated rings. The van der Waals surface area contributed by atoms with Gasteiger partial charge in [-0.3, -0.25) is 0 Å². The summed E-state index contributed by atoms with van der Waals surface area (Å²) in [6.45, 7) is 2.93. The van der Waals surface area contributed by atoms with Gasteiger partial charge in [0.05, 0.1) is 0 Å². The normalized spacial score (nSPS) is 13.2. The van der Waals surface area contributed by atoms with E-state index in [-0.39, 0.29) is 17.2 Å². The first-order valence-corrected chi connectivity index (χ1v) is 13.4. The molecule has 0 aliphatic heterocycles. The molecule has 0 saturated carbocycles. The molecular formula is C31H40N2O3. The van der Waals surface area contributed by atoms with E-state index in [2.05, 4.69) is 34.9 Å². The molecule has 3 aromatic carbocycles. The maximum Gasteiger partial charge on any atom is 0.160 e. The first-order chi connectivity index (χ1) is 17.6. The molecule has 5 N–H and O–H groups in total. The van der Waals surface area contributed by atoms with Gasteiger partial charge in [0.1, 0.15) is 5.75 Å². The lowest BCUT2D eigenvalue weighted by Crippen LogP contribution is -2.30. The molecule has 5 nitrogen and oxygen atoms in total. The van der Waals surface area contributed by atoms with Crippen LogP contribution in [-0.4, -0.2) is 41.0 Å². The molecular weight excluding hydrogens is 448 g/mol. The lowest BCUT2D eigenvalue weighted by Gasteiger charge is -2.14. The van der Waals surface area contributed by atoms with Gasteiger partial charge in [0.15, 0.2) is 11.5 Å². The number of unbranched alkanes of at least 4 members (excludes halogenated alkanes) is 3. The molecule has 0 aromatic heterocycles. The number of aromatic hydroxyl groups is 3. The van der Waals surface area contributed by atoms with Gasteiger partial charge in [-0.05, 0) is 105 Å². The summed E-state index contributed by atoms with van der Waals surface area (Å²) < 4.78 is 0. The van der Waals surface area contributed by atoms with Gasteiger partial charge in [0.25, 0.3) is 0 Å². The largest absolute Gasteiger partial charge is 0.508 e. The first kappa shape index (κ1) is 26.1. The standard InChI is InChI=1S/C31H40N2O3/c34-28-11-7-8-23(20-28)12-14-29-24(13-15-30(35)31(29)36)16-19-32-17-5-1-2-6-18-33-27-21-25-9-3-4-10-26(25)22-27/h3-4,7-11,13,15,20,27,32-36H,1-2,5-6,12,14,16-19,21-22H2. The number of nitrogens with one attached hydrogen (secondary N) is 2. The lowest BCUT2D eigenvalue weighted by molar-refractivity contribution is 0.398. The Bertz CT molecular complexity index is 1090. The second-order valence-corrected chi connectivity index (χ2v) is 9.98. The quantitative estimate of drug-likeness (QED) is 0.162. The summed E-state index contributed by atoms with van der Waals surface area (Å²) in [6, 6.07) is 20.1. The second kappa shape index (κ2) is 13.3. The Morgan fingerprint density at radius 1 is 0.694 bits per heavy atom. The van der Waals surface area contributed by atoms with E-state index in [1.165, 1.54) is 36.8 Å². The SMILES string of the molecule is Oc1cccc(CCc2c(CCNCCCCCCNC3Cc4ccccc4C3)ccc(O)c2O)c1. The van der Waals surface area contributed by atoms with Gasteiger partial charge in [-0.25, -0.2) is 0 Å². The smallest absolute Gasteiger partial charge is 0.160 e. The van der Waals surface area contributed by atoms with E-state index in [9.17, 15) is 15.3 Å². The molecule has 1 aliphatic carbocycles. The highest BCUT2D eigenvalue weighted by molar-refractivity contribution is 5.49. The van der Waals surface area contributed by atoms with Crippen LogP contribution in [0, 0.1) is 0 Å². The molecule has 3 aromatic rings. The number of phenolic OH excluding ortho intramolecular Hbond substituents is 3. The zero-order valence-electron chi connectivity index (χ0n) is 21.2. The summed E-state index contributed by atoms with van der Waals surface area (Å²) in [4.78, 5) is 0. The maximum absolute atomic E-state index is 10.4. The van der Waals surface area contributed by atoms with E-state index >= 15 is 0 Å². The van der Waals surface area contributed by atoms with Crippen molar-refractivity contribution in [3.05, 3.63) is 88.5 Å². The van der Waals surface area contributed by atoms with Crippen LogP contribution in [0.2, 0.25) is 0 Å². The fraction of sp³-hybridized carbons (Fsp3) is 0.419. The minimum absolute atomic E-state index is 0.0252. The predicted octanol–water partition coefficient (Wildman–Crippen LogP) is 5.04. The minimum Gasteiger partial charge on any atom is -0.508 e. The molecule has 0 spiro atoms. The van der Waals surface area contributed by atoms with Crippen molar-refractivity contribution >= 4 is 0 Å². The van der Waals surface area contributed by atoms with Crippen LogP contribution in [-0.2, 0) is 32.1 Å². The van der Waals surface area contributed by atoms with Gasteiger partial charge in [-0.15, -0.1) is 0 Å². The van der Waals surface area contributed by atoms with Gasteiger partial charge in [-0.2, -0.15) is 0 Å². The van der Waals surface area contributed by atoms with Crippen LogP contribution in [0.5, 0.6) is 17.2 Å². The van der Waals surface area contributed by atoms with Crippen molar-refractivity contribution in [2.45, 2.75) is 63.8 Å². The van der Waals surface area contributed by atoms with Gasteiger partial charge >= 0.3 is 0 Å². The zero-order chi connectivity index (χ0) is 25.2. The van der Waals surface area contributed by atoms with Crippen molar-refractivity contribution in [3.8, 4) is 17.2 Å². The maximum atomic E-state index is 10.4. The molecule has 0 unspecified atom stereocenters. The average Bonchev–Trinajstić information content (AvgIpc) is 3.30. The fourth-order valence-corrected chi connectivity index (χ4v) is 5.25. The highest BCUT2D eigenvalue weighted by Gasteiger charge is 2.19. The number of hydrogen-bond acceptors (Lipinski definition) is 5. The Morgan fingerprint density at radius 2 is 1.44 bits per heavy atom. The number of aryl methyl sites for hydroxylation is 1. The Labute approximate surface area is 215 Å². The molecule has 0 radical (unpaired) electrons. The second-order valence-electron chi connectivity index (χ2n) is 9.98. The van der Waals surface area contributed by atoms with E-state index in [4.69, 9.17) is 0 Å². The number of benzene rings is 3. The highest BCUT2D eigenvalue weighted by atomic mass is 16.3. The summed E-state index contributed by atoms with van der Waals surface area (Å²) in [6.07, 6.45) is 9.30. The molecule has 0 heterocycles. The van der Waals surface area contributed by atoms with Crippen LogP contribution >= 0.6 is 0 Å². The Hall–Kier alpha value is -3.02. The number of fused-ring (bicyclic) bond motifs is 1. The van der Waals surface area contributed by atoms with Crippen molar-refractivity contribution in [2.75, 3.05) is 19.6 Å². The molecule has 36 heavy (non-hydrogen) atoms. The predicted molar refractivity (Wildman–Crippen MR) is 146 cm³/mol. The van der Waals surface area contributed by atoms with Gasteiger partial charge in [0, 0.05) is 11.6 Å². The highest BCUT2D eigenvalue weighted by Crippen LogP contribution is 2.33. The van der Waals surface area contributed by atoms with Crippen molar-refractivity contribution < 1.29 is 15.3 Å². The molecule has 0 bridgehead atoms. The summed E-state index contributed by atoms with van der Waals surface area (Å²) in [7, 11) is 0. The average molecular weight is 489 g/mol. The third-order valence-electron chi connectivity index (χ3n) is 7.27. The van der Waals surface area contributed by atoms with Gasteiger partial charge in [0.2, 0.25) is 0 Å². The van der Waals surface area contributed by atoms with Crippen LogP contribution in [0.25, 0.3) is 0 Å². The number of rotatable bonds is 14. The Morgan fingerprint density at radius 3 is 2.19 bits per heavy atom. The molecule has 4 rings (SSSR count). The van der Waals surface area contributed by atoms with Crippen molar-refractivity contribution in [1.82, 2.24) is 10.6 Å². The summed E-state index contributed by atoms with van der Waals surface area (Å²) in [5.41, 5.74) is 5.86. The third kappa shape index (κ3) is 7.49. The van der Waals surface area contributed by atoms with E-state index < -0.39 is 0 Å². The monoisotopic (exact) mass is 488 g/mol. The topological polar surface area (TPSA) is 84.8 Å². The van der Waals surface area contributed by atoms with Crippen LogP contribution in [0.15, 0.2) is 60.7 Å². The first-order valence-electron chi connectivity index (χ1n) is 13.4. The van der Waals surface area contributed by atoms with E-state index in [0.29, 0.717) is 18.9 Å². The lowest BCUT2D eigenvalue weighted by atomic mass is 9.96. The van der Waals surface area contributed by atoms with Crippen LogP contribution in [0.4, 0.5) is 0 Å². The molecule has 0 saturated heterocycles. The minimum atomic E-state index is -0.0791. The molecule has 0 amide bonds. The number of phenols is 3. The molecule has 1 aliphatic rings. The van der Waals surface area contributed by atoms with Crippen molar-refractivity contribution in [3.63, 3.8) is 0 Å². The molecule has 192 valence electrons. The third-order valence-corrected chi connectivity index (χ3v) is 7.27. The zero-order valence-corrected chi connectivity index (χ0v) is 21.2. The van der Waals surface area contributed by atoms with Gasteiger partial charge < -0.3 is 26.0 Å². The van der Waals surface area contributed by atoms with E-state index in [1.54, 1.807) is 18.2 Å². The van der Waals surface area contributed by atoms with E-state index in [0.717, 1.165) is 55.6 Å². The summed E-state index contributed by atoms with van der Waals surface area (Å²) in [5, 5.41) is 37.4. The van der Waals surface area contributed by atoms with Crippen LogP contribution < -0.4 is 10.6 Å². The van der Waals surface area contributed by atoms with E-state index in [1.807, 2.05) is 18.2 Å².